The van der Waals surface area contributed by atoms with Crippen LogP contribution in [0.15, 0.2) is 0 Å². The molecule has 14 heavy (non-hydrogen) atoms. The lowest BCUT2D eigenvalue weighted by Gasteiger charge is -2.15. The highest BCUT2D eigenvalue weighted by Crippen LogP contribution is 2.03. The average molecular weight is 244 g/mol. The lowest BCUT2D eigenvalue weighted by molar-refractivity contribution is 0.253. The Morgan fingerprint density at radius 1 is 1.50 bits per heavy atom. The fraction of sp³-hybridized carbons (Fsp3) is 1.00. The second kappa shape index (κ2) is 6.61. The first-order valence-electron chi connectivity index (χ1n) is 4.62. The summed E-state index contributed by atoms with van der Waals surface area (Å²) < 4.78 is 25.3. The molecule has 0 fully saturated rings. The molecule has 0 aliphatic heterocycles. The number of hydrogen-bond acceptors (Lipinski definition) is 3. The Bertz CT molecular complexity index is 239. The number of halogens is 1. The summed E-state index contributed by atoms with van der Waals surface area (Å²) in [6.07, 6.45) is 0.574. The van der Waals surface area contributed by atoms with Crippen LogP contribution in [0.5, 0.6) is 0 Å². The van der Waals surface area contributed by atoms with Gasteiger partial charge in [-0.1, -0.05) is 13.8 Å². The van der Waals surface area contributed by atoms with Crippen molar-refractivity contribution in [2.45, 2.75) is 26.3 Å². The first kappa shape index (κ1) is 14.2. The van der Waals surface area contributed by atoms with Crippen molar-refractivity contribution in [1.29, 1.82) is 0 Å². The molecular formula is C8H18ClNO3S. The van der Waals surface area contributed by atoms with Crippen LogP contribution < -0.4 is 4.72 Å². The topological polar surface area (TPSA) is 66.4 Å². The van der Waals surface area contributed by atoms with Crippen molar-refractivity contribution < 1.29 is 13.5 Å². The monoisotopic (exact) mass is 243 g/mol. The van der Waals surface area contributed by atoms with Crippen LogP contribution in [-0.4, -0.2) is 37.8 Å². The van der Waals surface area contributed by atoms with E-state index in [1.807, 2.05) is 6.92 Å². The van der Waals surface area contributed by atoms with Crippen molar-refractivity contribution in [3.8, 4) is 0 Å². The van der Waals surface area contributed by atoms with Crippen molar-refractivity contribution in [2.24, 2.45) is 5.92 Å². The summed E-state index contributed by atoms with van der Waals surface area (Å²) in [6.45, 7) is 3.41. The van der Waals surface area contributed by atoms with E-state index in [1.54, 1.807) is 6.92 Å². The molecule has 0 aromatic heterocycles. The van der Waals surface area contributed by atoms with Crippen LogP contribution >= 0.6 is 11.6 Å². The third-order valence-electron chi connectivity index (χ3n) is 1.83. The van der Waals surface area contributed by atoms with Gasteiger partial charge in [0, 0.05) is 11.9 Å². The minimum absolute atomic E-state index is 0.00694. The fourth-order valence-electron chi connectivity index (χ4n) is 0.971. The normalized spacial score (nSPS) is 16.6. The quantitative estimate of drug-likeness (QED) is 0.642. The minimum atomic E-state index is -3.31. The molecule has 0 radical (unpaired) electrons. The smallest absolute Gasteiger partial charge is 0.212 e. The highest BCUT2D eigenvalue weighted by atomic mass is 35.5. The summed E-state index contributed by atoms with van der Waals surface area (Å²) in [5.74, 6) is 0.245. The zero-order chi connectivity index (χ0) is 11.2. The second-order valence-electron chi connectivity index (χ2n) is 3.45. The Balaban J connectivity index is 4.19. The molecule has 0 spiro atoms. The van der Waals surface area contributed by atoms with Gasteiger partial charge in [-0.2, -0.15) is 0 Å². The van der Waals surface area contributed by atoms with Gasteiger partial charge in [-0.05, 0) is 12.3 Å². The highest BCUT2D eigenvalue weighted by molar-refractivity contribution is 7.89. The van der Waals surface area contributed by atoms with Crippen molar-refractivity contribution >= 4 is 21.6 Å². The van der Waals surface area contributed by atoms with E-state index in [0.717, 1.165) is 0 Å². The van der Waals surface area contributed by atoms with E-state index in [2.05, 4.69) is 4.72 Å². The van der Waals surface area contributed by atoms with E-state index in [4.69, 9.17) is 16.7 Å². The van der Waals surface area contributed by atoms with E-state index < -0.39 is 10.0 Å². The van der Waals surface area contributed by atoms with Crippen LogP contribution in [0.2, 0.25) is 0 Å². The predicted octanol–water partition coefficient (Wildman–Crippen LogP) is 0.552. The first-order chi connectivity index (χ1) is 6.45. The number of sulfonamides is 1. The molecule has 0 amide bonds. The summed E-state index contributed by atoms with van der Waals surface area (Å²) in [5.41, 5.74) is 0. The lowest BCUT2D eigenvalue weighted by atomic mass is 10.3. The molecule has 0 aliphatic rings. The molecule has 0 aromatic rings. The molecule has 1 unspecified atom stereocenters. The Morgan fingerprint density at radius 2 is 2.07 bits per heavy atom. The SMILES string of the molecule is CC[C@H](CO)NS(=O)(=O)CC(C)CCl. The molecule has 0 aliphatic carbocycles. The summed E-state index contributed by atoms with van der Waals surface area (Å²) in [7, 11) is -3.31. The zero-order valence-corrected chi connectivity index (χ0v) is 10.1. The minimum Gasteiger partial charge on any atom is -0.395 e. The summed E-state index contributed by atoms with van der Waals surface area (Å²) in [6, 6.07) is -0.387. The third-order valence-corrected chi connectivity index (χ3v) is 4.05. The lowest BCUT2D eigenvalue weighted by Crippen LogP contribution is -2.39. The van der Waals surface area contributed by atoms with Gasteiger partial charge in [0.25, 0.3) is 0 Å². The average Bonchev–Trinajstić information content (AvgIpc) is 2.13. The Labute approximate surface area is 90.7 Å². The molecule has 2 N–H and O–H groups in total. The molecule has 6 heteroatoms. The second-order valence-corrected chi connectivity index (χ2v) is 5.55. The predicted molar refractivity (Wildman–Crippen MR) is 58.0 cm³/mol. The van der Waals surface area contributed by atoms with Crippen LogP contribution in [-0.2, 0) is 10.0 Å². The molecule has 0 saturated heterocycles. The molecule has 0 bridgehead atoms. The molecule has 2 atom stereocenters. The van der Waals surface area contributed by atoms with Crippen LogP contribution in [0.1, 0.15) is 20.3 Å². The van der Waals surface area contributed by atoms with Gasteiger partial charge < -0.3 is 5.11 Å². The van der Waals surface area contributed by atoms with Gasteiger partial charge in [0.2, 0.25) is 10.0 Å². The summed E-state index contributed by atoms with van der Waals surface area (Å²) >= 11 is 5.52. The largest absolute Gasteiger partial charge is 0.395 e. The molecule has 86 valence electrons. The third kappa shape index (κ3) is 5.80. The van der Waals surface area contributed by atoms with Gasteiger partial charge in [-0.25, -0.2) is 13.1 Å². The maximum absolute atomic E-state index is 11.4. The Morgan fingerprint density at radius 3 is 2.43 bits per heavy atom. The number of aliphatic hydroxyl groups is 1. The van der Waals surface area contributed by atoms with E-state index >= 15 is 0 Å². The maximum Gasteiger partial charge on any atom is 0.212 e. The van der Waals surface area contributed by atoms with Crippen LogP contribution in [0.25, 0.3) is 0 Å². The van der Waals surface area contributed by atoms with Crippen molar-refractivity contribution in [2.75, 3.05) is 18.2 Å². The van der Waals surface area contributed by atoms with Crippen LogP contribution in [0, 0.1) is 5.92 Å². The molecule has 0 heterocycles. The van der Waals surface area contributed by atoms with Crippen LogP contribution in [0.4, 0.5) is 0 Å². The maximum atomic E-state index is 11.4. The van der Waals surface area contributed by atoms with Gasteiger partial charge in [0.1, 0.15) is 0 Å². The van der Waals surface area contributed by atoms with E-state index in [1.165, 1.54) is 0 Å². The number of alkyl halides is 1. The number of aliphatic hydroxyl groups excluding tert-OH is 1. The fourth-order valence-corrected chi connectivity index (χ4v) is 2.92. The Kier molecular flexibility index (Phi) is 6.68. The van der Waals surface area contributed by atoms with Gasteiger partial charge >= 0.3 is 0 Å². The first-order valence-corrected chi connectivity index (χ1v) is 6.80. The van der Waals surface area contributed by atoms with Crippen molar-refractivity contribution in [1.82, 2.24) is 4.72 Å². The standard InChI is InChI=1S/C8H18ClNO3S/c1-3-8(5-11)10-14(12,13)6-7(2)4-9/h7-8,10-11H,3-6H2,1-2H3/t7?,8-/m1/s1. The number of hydrogen-bond donors (Lipinski definition) is 2. The van der Waals surface area contributed by atoms with Crippen molar-refractivity contribution in [3.05, 3.63) is 0 Å². The molecule has 4 nitrogen and oxygen atoms in total. The van der Waals surface area contributed by atoms with Gasteiger partial charge in [0.05, 0.1) is 12.4 Å². The van der Waals surface area contributed by atoms with Crippen LogP contribution in [0.3, 0.4) is 0 Å². The number of nitrogens with one attached hydrogen (secondary N) is 1. The summed E-state index contributed by atoms with van der Waals surface area (Å²) in [5, 5.41) is 8.83. The molecule has 0 rings (SSSR count). The molecule has 0 aromatic carbocycles. The van der Waals surface area contributed by atoms with Gasteiger partial charge in [-0.3, -0.25) is 0 Å². The van der Waals surface area contributed by atoms with E-state index in [-0.39, 0.29) is 24.3 Å². The Hall–Kier alpha value is 0.160. The molecule has 0 saturated carbocycles. The van der Waals surface area contributed by atoms with E-state index in [0.29, 0.717) is 12.3 Å². The van der Waals surface area contributed by atoms with Gasteiger partial charge in [0.15, 0.2) is 0 Å². The summed E-state index contributed by atoms with van der Waals surface area (Å²) in [4.78, 5) is 0. The highest BCUT2D eigenvalue weighted by Gasteiger charge is 2.18. The molecular weight excluding hydrogens is 226 g/mol. The van der Waals surface area contributed by atoms with Gasteiger partial charge in [-0.15, -0.1) is 11.6 Å². The van der Waals surface area contributed by atoms with E-state index in [9.17, 15) is 8.42 Å². The van der Waals surface area contributed by atoms with Crippen molar-refractivity contribution in [3.63, 3.8) is 0 Å². The zero-order valence-electron chi connectivity index (χ0n) is 8.53. The number of rotatable bonds is 7.